The summed E-state index contributed by atoms with van der Waals surface area (Å²) in [6.45, 7) is 8.93. The zero-order valence-corrected chi connectivity index (χ0v) is 15.0. The largest absolute Gasteiger partial charge is 0.393 e. The number of aliphatic hydroxyl groups excluding tert-OH is 2. The third-order valence-corrected chi connectivity index (χ3v) is 7.69. The molecule has 4 aliphatic rings. The van der Waals surface area contributed by atoms with E-state index in [0.29, 0.717) is 34.5 Å². The van der Waals surface area contributed by atoms with Crippen LogP contribution in [0.1, 0.15) is 79.1 Å². The number of rotatable bonds is 2. The van der Waals surface area contributed by atoms with E-state index < -0.39 is 0 Å². The fraction of sp³-hybridized carbons (Fsp3) is 1.00. The average molecular weight is 309 g/mol. The molecular formula is C20H36O2. The molecule has 22 heavy (non-hydrogen) atoms. The fourth-order valence-corrected chi connectivity index (χ4v) is 5.97. The highest BCUT2D eigenvalue weighted by molar-refractivity contribution is 5.07. The lowest BCUT2D eigenvalue weighted by Gasteiger charge is -2.60. The molecule has 0 heterocycles. The summed E-state index contributed by atoms with van der Waals surface area (Å²) in [6, 6.07) is 0. The quantitative estimate of drug-likeness (QED) is 0.794. The van der Waals surface area contributed by atoms with E-state index in [0.717, 1.165) is 6.42 Å². The number of hydrogen-bond acceptors (Lipinski definition) is 2. The zero-order valence-electron chi connectivity index (χ0n) is 15.0. The Labute approximate surface area is 136 Å². The van der Waals surface area contributed by atoms with Crippen LogP contribution in [-0.2, 0) is 0 Å². The Kier molecular flexibility index (Phi) is 4.40. The van der Waals surface area contributed by atoms with Gasteiger partial charge in [-0.1, -0.05) is 40.5 Å². The normalized spacial score (nSPS) is 40.4. The van der Waals surface area contributed by atoms with Gasteiger partial charge in [0.1, 0.15) is 0 Å². The lowest BCUT2D eigenvalue weighted by Crippen LogP contribution is -2.57. The Morgan fingerprint density at radius 1 is 0.773 bits per heavy atom. The Morgan fingerprint density at radius 3 is 1.55 bits per heavy atom. The minimum absolute atomic E-state index is 0.0234. The van der Waals surface area contributed by atoms with Crippen LogP contribution < -0.4 is 0 Å². The minimum Gasteiger partial charge on any atom is -0.393 e. The smallest absolute Gasteiger partial charge is 0.0627 e. The van der Waals surface area contributed by atoms with Gasteiger partial charge in [0.05, 0.1) is 12.2 Å². The summed E-state index contributed by atoms with van der Waals surface area (Å²) in [5, 5.41) is 19.4. The van der Waals surface area contributed by atoms with Crippen molar-refractivity contribution in [1.82, 2.24) is 0 Å². The average Bonchev–Trinajstić information content (AvgIpc) is 2.29. The third kappa shape index (κ3) is 2.45. The van der Waals surface area contributed by atoms with E-state index in [4.69, 9.17) is 0 Å². The van der Waals surface area contributed by atoms with Crippen molar-refractivity contribution in [3.8, 4) is 0 Å². The fourth-order valence-electron chi connectivity index (χ4n) is 5.97. The molecule has 4 saturated carbocycles. The molecule has 2 spiro atoms. The van der Waals surface area contributed by atoms with Crippen LogP contribution in [0, 0.1) is 34.5 Å². The molecule has 4 unspecified atom stereocenters. The topological polar surface area (TPSA) is 40.5 Å². The van der Waals surface area contributed by atoms with Crippen LogP contribution in [0.15, 0.2) is 0 Å². The van der Waals surface area contributed by atoms with Gasteiger partial charge in [-0.3, -0.25) is 0 Å². The predicted molar refractivity (Wildman–Crippen MR) is 90.5 cm³/mol. The molecule has 4 rings (SSSR count). The second kappa shape index (κ2) is 5.77. The maximum absolute atomic E-state index is 9.85. The molecule has 4 aliphatic carbocycles. The van der Waals surface area contributed by atoms with E-state index in [1.165, 1.54) is 44.9 Å². The van der Waals surface area contributed by atoms with Crippen LogP contribution in [0.3, 0.4) is 0 Å². The van der Waals surface area contributed by atoms with Crippen molar-refractivity contribution in [1.29, 1.82) is 0 Å². The van der Waals surface area contributed by atoms with E-state index in [-0.39, 0.29) is 12.2 Å². The Hall–Kier alpha value is -0.0800. The number of aliphatic hydroxyl groups is 2. The van der Waals surface area contributed by atoms with Gasteiger partial charge in [-0.2, -0.15) is 0 Å². The maximum Gasteiger partial charge on any atom is 0.0627 e. The van der Waals surface area contributed by atoms with Gasteiger partial charge in [-0.25, -0.2) is 0 Å². The summed E-state index contributed by atoms with van der Waals surface area (Å²) in [7, 11) is 0. The Morgan fingerprint density at radius 2 is 1.32 bits per heavy atom. The molecule has 2 N–H and O–H groups in total. The van der Waals surface area contributed by atoms with Gasteiger partial charge in [-0.05, 0) is 73.0 Å². The molecule has 4 fully saturated rings. The molecule has 2 nitrogen and oxygen atoms in total. The van der Waals surface area contributed by atoms with Crippen molar-refractivity contribution in [2.24, 2.45) is 34.5 Å². The molecule has 0 aliphatic heterocycles. The lowest BCUT2D eigenvalue weighted by atomic mass is 9.46. The zero-order chi connectivity index (χ0) is 16.1. The minimum atomic E-state index is 0.0234. The van der Waals surface area contributed by atoms with Gasteiger partial charge >= 0.3 is 0 Å². The molecule has 0 radical (unpaired) electrons. The second-order valence-electron chi connectivity index (χ2n) is 9.53. The molecule has 0 bridgehead atoms. The van der Waals surface area contributed by atoms with Gasteiger partial charge in [0, 0.05) is 0 Å². The first-order chi connectivity index (χ1) is 10.3. The van der Waals surface area contributed by atoms with E-state index in [2.05, 4.69) is 27.7 Å². The molecule has 0 aromatic carbocycles. The van der Waals surface area contributed by atoms with Gasteiger partial charge in [0.15, 0.2) is 0 Å². The highest BCUT2D eigenvalue weighted by Crippen LogP contribution is 2.62. The van der Waals surface area contributed by atoms with Crippen LogP contribution in [0.5, 0.6) is 0 Å². The standard InChI is InChI=1S/2C10H18O/c1-7(2)9-8(11)6-10(9)4-3-5-10;1-7(2)8-6-10(9(8)11)4-3-5-10/h2*7-9,11H,3-6H2,1-2H3. The highest BCUT2D eigenvalue weighted by Gasteiger charge is 2.57. The summed E-state index contributed by atoms with van der Waals surface area (Å²) in [5.74, 6) is 2.59. The van der Waals surface area contributed by atoms with E-state index >= 15 is 0 Å². The van der Waals surface area contributed by atoms with Crippen LogP contribution in [0.4, 0.5) is 0 Å². The molecule has 0 aromatic heterocycles. The van der Waals surface area contributed by atoms with Crippen molar-refractivity contribution in [2.75, 3.05) is 0 Å². The van der Waals surface area contributed by atoms with Crippen molar-refractivity contribution in [3.63, 3.8) is 0 Å². The van der Waals surface area contributed by atoms with Crippen molar-refractivity contribution >= 4 is 0 Å². The first kappa shape index (κ1) is 16.8. The van der Waals surface area contributed by atoms with Crippen LogP contribution >= 0.6 is 0 Å². The van der Waals surface area contributed by atoms with Crippen LogP contribution in [-0.4, -0.2) is 22.4 Å². The molecule has 128 valence electrons. The monoisotopic (exact) mass is 308 g/mol. The van der Waals surface area contributed by atoms with Gasteiger partial charge in [0.2, 0.25) is 0 Å². The van der Waals surface area contributed by atoms with E-state index in [9.17, 15) is 10.2 Å². The third-order valence-electron chi connectivity index (χ3n) is 7.69. The summed E-state index contributed by atoms with van der Waals surface area (Å²) < 4.78 is 0. The first-order valence-electron chi connectivity index (χ1n) is 9.67. The molecule has 0 saturated heterocycles. The van der Waals surface area contributed by atoms with Gasteiger partial charge < -0.3 is 10.2 Å². The molecular weight excluding hydrogens is 272 g/mol. The van der Waals surface area contributed by atoms with Crippen molar-refractivity contribution in [3.05, 3.63) is 0 Å². The molecule has 0 aromatic rings. The summed E-state index contributed by atoms with van der Waals surface area (Å²) in [5.41, 5.74) is 1.02. The van der Waals surface area contributed by atoms with E-state index in [1.807, 2.05) is 0 Å². The summed E-state index contributed by atoms with van der Waals surface area (Å²) in [6.07, 6.45) is 10.5. The highest BCUT2D eigenvalue weighted by atomic mass is 16.3. The van der Waals surface area contributed by atoms with Crippen LogP contribution in [0.2, 0.25) is 0 Å². The molecule has 4 atom stereocenters. The van der Waals surface area contributed by atoms with E-state index in [1.54, 1.807) is 0 Å². The van der Waals surface area contributed by atoms with Crippen molar-refractivity contribution < 1.29 is 10.2 Å². The van der Waals surface area contributed by atoms with Crippen molar-refractivity contribution in [2.45, 2.75) is 91.3 Å². The van der Waals surface area contributed by atoms with Crippen LogP contribution in [0.25, 0.3) is 0 Å². The predicted octanol–water partition coefficient (Wildman–Crippen LogP) is 4.39. The van der Waals surface area contributed by atoms with Gasteiger partial charge in [-0.15, -0.1) is 0 Å². The SMILES string of the molecule is CC(C)C1C(O)CC12CCC2.CC(C)C1CC2(CCC2)C1O. The number of hydrogen-bond donors (Lipinski definition) is 2. The first-order valence-corrected chi connectivity index (χ1v) is 9.67. The second-order valence-corrected chi connectivity index (χ2v) is 9.53. The molecule has 2 heteroatoms. The Bertz CT molecular complexity index is 388. The summed E-state index contributed by atoms with van der Waals surface area (Å²) in [4.78, 5) is 0. The Balaban J connectivity index is 0.000000131. The lowest BCUT2D eigenvalue weighted by molar-refractivity contribution is -0.177. The van der Waals surface area contributed by atoms with Gasteiger partial charge in [0.25, 0.3) is 0 Å². The molecule has 0 amide bonds. The maximum atomic E-state index is 9.85. The summed E-state index contributed by atoms with van der Waals surface area (Å²) >= 11 is 0.